The van der Waals surface area contributed by atoms with Crippen LogP contribution in [0.25, 0.3) is 0 Å². The summed E-state index contributed by atoms with van der Waals surface area (Å²) in [6, 6.07) is -1.65. The molecule has 2 atom stereocenters. The van der Waals surface area contributed by atoms with Crippen LogP contribution in [0.5, 0.6) is 0 Å². The van der Waals surface area contributed by atoms with Crippen molar-refractivity contribution in [3.8, 4) is 0 Å². The zero-order valence-corrected chi connectivity index (χ0v) is 10.4. The molecule has 8 heteroatoms. The smallest absolute Gasteiger partial charge is 0.321 e. The number of carbonyl (C=O) groups is 2. The van der Waals surface area contributed by atoms with Crippen molar-refractivity contribution in [3.63, 3.8) is 0 Å². The fourth-order valence-corrected chi connectivity index (χ4v) is 2.61. The molecule has 7 nitrogen and oxygen atoms in total. The van der Waals surface area contributed by atoms with Gasteiger partial charge in [-0.25, -0.2) is 13.2 Å². The summed E-state index contributed by atoms with van der Waals surface area (Å²) in [6.45, 7) is 1.55. The highest BCUT2D eigenvalue weighted by Gasteiger charge is 2.25. The number of urea groups is 1. The second kappa shape index (κ2) is 5.28. The molecule has 0 aromatic carbocycles. The standard InChI is InChI=1S/C9H15N3O4S/c1-6(8(13)12-9(14)10-2)11-7-3-4-17(15,16)5-7/h3-4,6-7,11H,5H2,1-2H3,(H2,10,12,13,14). The molecule has 0 bridgehead atoms. The molecular weight excluding hydrogens is 246 g/mol. The lowest BCUT2D eigenvalue weighted by Gasteiger charge is -2.16. The normalized spacial score (nSPS) is 23.1. The molecule has 0 saturated carbocycles. The molecule has 0 aromatic rings. The first-order valence-corrected chi connectivity index (χ1v) is 6.75. The molecule has 2 unspecified atom stereocenters. The van der Waals surface area contributed by atoms with E-state index in [1.807, 2.05) is 0 Å². The third-order valence-corrected chi connectivity index (χ3v) is 3.65. The number of imide groups is 1. The van der Waals surface area contributed by atoms with Crippen LogP contribution in [-0.2, 0) is 14.6 Å². The van der Waals surface area contributed by atoms with Crippen molar-refractivity contribution in [2.24, 2.45) is 0 Å². The van der Waals surface area contributed by atoms with Gasteiger partial charge in [-0.15, -0.1) is 0 Å². The zero-order valence-electron chi connectivity index (χ0n) is 9.56. The van der Waals surface area contributed by atoms with Crippen LogP contribution >= 0.6 is 0 Å². The van der Waals surface area contributed by atoms with Crippen LogP contribution in [-0.4, -0.2) is 45.2 Å². The molecule has 17 heavy (non-hydrogen) atoms. The molecule has 1 aliphatic rings. The molecule has 0 spiro atoms. The quantitative estimate of drug-likeness (QED) is 0.587. The van der Waals surface area contributed by atoms with E-state index < -0.39 is 33.9 Å². The largest absolute Gasteiger partial charge is 0.341 e. The number of rotatable bonds is 3. The van der Waals surface area contributed by atoms with Gasteiger partial charge in [-0.2, -0.15) is 0 Å². The molecule has 0 aliphatic carbocycles. The van der Waals surface area contributed by atoms with Crippen LogP contribution in [0.3, 0.4) is 0 Å². The summed E-state index contributed by atoms with van der Waals surface area (Å²) in [6.07, 6.45) is 1.49. The Hall–Kier alpha value is -1.41. The minimum absolute atomic E-state index is 0.0649. The summed E-state index contributed by atoms with van der Waals surface area (Å²) in [7, 11) is -1.75. The van der Waals surface area contributed by atoms with E-state index in [1.54, 1.807) is 6.92 Å². The van der Waals surface area contributed by atoms with Gasteiger partial charge in [0, 0.05) is 18.5 Å². The predicted molar refractivity (Wildman–Crippen MR) is 61.9 cm³/mol. The number of nitrogens with one attached hydrogen (secondary N) is 3. The number of hydrogen-bond acceptors (Lipinski definition) is 5. The highest BCUT2D eigenvalue weighted by molar-refractivity contribution is 7.94. The fourth-order valence-electron chi connectivity index (χ4n) is 1.36. The average Bonchev–Trinajstić information content (AvgIpc) is 2.57. The number of carbonyl (C=O) groups excluding carboxylic acids is 2. The van der Waals surface area contributed by atoms with Gasteiger partial charge in [-0.1, -0.05) is 6.08 Å². The summed E-state index contributed by atoms with van der Waals surface area (Å²) in [5.41, 5.74) is 0. The van der Waals surface area contributed by atoms with Gasteiger partial charge < -0.3 is 5.32 Å². The van der Waals surface area contributed by atoms with Gasteiger partial charge in [0.25, 0.3) is 0 Å². The van der Waals surface area contributed by atoms with E-state index in [0.29, 0.717) is 0 Å². The minimum Gasteiger partial charge on any atom is -0.341 e. The summed E-state index contributed by atoms with van der Waals surface area (Å²) < 4.78 is 22.2. The lowest BCUT2D eigenvalue weighted by molar-refractivity contribution is -0.121. The van der Waals surface area contributed by atoms with Crippen LogP contribution in [0.15, 0.2) is 11.5 Å². The van der Waals surface area contributed by atoms with E-state index in [1.165, 1.54) is 13.1 Å². The van der Waals surface area contributed by atoms with Gasteiger partial charge in [-0.05, 0) is 6.92 Å². The minimum atomic E-state index is -3.15. The SMILES string of the molecule is CNC(=O)NC(=O)C(C)NC1C=CS(=O)(=O)C1. The van der Waals surface area contributed by atoms with E-state index in [0.717, 1.165) is 5.41 Å². The Balaban J connectivity index is 2.45. The maximum Gasteiger partial charge on any atom is 0.321 e. The molecule has 1 heterocycles. The van der Waals surface area contributed by atoms with Gasteiger partial charge in [0.15, 0.2) is 9.84 Å². The average molecular weight is 261 g/mol. The first-order valence-electron chi connectivity index (χ1n) is 5.03. The summed E-state index contributed by atoms with van der Waals surface area (Å²) in [5, 5.41) is 8.27. The Bertz CT molecular complexity index is 443. The highest BCUT2D eigenvalue weighted by Crippen LogP contribution is 2.08. The predicted octanol–water partition coefficient (Wildman–Crippen LogP) is -1.27. The maximum absolute atomic E-state index is 11.5. The number of sulfone groups is 1. The van der Waals surface area contributed by atoms with E-state index in [-0.39, 0.29) is 5.75 Å². The van der Waals surface area contributed by atoms with Crippen LogP contribution in [0.1, 0.15) is 6.92 Å². The first-order chi connectivity index (χ1) is 7.84. The van der Waals surface area contributed by atoms with Crippen molar-refractivity contribution >= 4 is 21.8 Å². The molecule has 1 aliphatic heterocycles. The van der Waals surface area contributed by atoms with Crippen molar-refractivity contribution in [2.75, 3.05) is 12.8 Å². The third kappa shape index (κ3) is 4.16. The van der Waals surface area contributed by atoms with E-state index >= 15 is 0 Å². The van der Waals surface area contributed by atoms with Gasteiger partial charge in [-0.3, -0.25) is 15.4 Å². The van der Waals surface area contributed by atoms with Crippen molar-refractivity contribution in [3.05, 3.63) is 11.5 Å². The summed E-state index contributed by atoms with van der Waals surface area (Å²) >= 11 is 0. The summed E-state index contributed by atoms with van der Waals surface area (Å²) in [5.74, 6) is -0.577. The molecule has 0 fully saturated rings. The Kier molecular flexibility index (Phi) is 4.24. The Labute approximate surface area is 99.6 Å². The van der Waals surface area contributed by atoms with Crippen molar-refractivity contribution in [2.45, 2.75) is 19.0 Å². The first kappa shape index (κ1) is 13.7. The molecule has 96 valence electrons. The van der Waals surface area contributed by atoms with Crippen molar-refractivity contribution in [1.29, 1.82) is 0 Å². The molecule has 0 radical (unpaired) electrons. The Morgan fingerprint density at radius 2 is 2.06 bits per heavy atom. The molecule has 1 rings (SSSR count). The second-order valence-corrected chi connectivity index (χ2v) is 5.65. The highest BCUT2D eigenvalue weighted by atomic mass is 32.2. The van der Waals surface area contributed by atoms with Crippen LogP contribution in [0, 0.1) is 0 Å². The number of hydrogen-bond donors (Lipinski definition) is 3. The summed E-state index contributed by atoms with van der Waals surface area (Å²) in [4.78, 5) is 22.3. The van der Waals surface area contributed by atoms with Gasteiger partial charge in [0.05, 0.1) is 11.8 Å². The monoisotopic (exact) mass is 261 g/mol. The lowest BCUT2D eigenvalue weighted by Crippen LogP contribution is -2.50. The lowest BCUT2D eigenvalue weighted by atomic mass is 10.2. The molecular formula is C9H15N3O4S. The third-order valence-electron chi connectivity index (χ3n) is 2.25. The van der Waals surface area contributed by atoms with Crippen LogP contribution < -0.4 is 16.0 Å². The van der Waals surface area contributed by atoms with Crippen molar-refractivity contribution < 1.29 is 18.0 Å². The zero-order chi connectivity index (χ0) is 13.1. The molecule has 3 amide bonds. The van der Waals surface area contributed by atoms with Crippen molar-refractivity contribution in [1.82, 2.24) is 16.0 Å². The number of amides is 3. The molecule has 0 aromatic heterocycles. The van der Waals surface area contributed by atoms with Crippen LogP contribution in [0.4, 0.5) is 4.79 Å². The van der Waals surface area contributed by atoms with Gasteiger partial charge in [0.2, 0.25) is 5.91 Å². The van der Waals surface area contributed by atoms with Gasteiger partial charge >= 0.3 is 6.03 Å². The van der Waals surface area contributed by atoms with E-state index in [9.17, 15) is 18.0 Å². The Morgan fingerprint density at radius 3 is 2.53 bits per heavy atom. The maximum atomic E-state index is 11.5. The van der Waals surface area contributed by atoms with E-state index in [4.69, 9.17) is 0 Å². The molecule has 3 N–H and O–H groups in total. The van der Waals surface area contributed by atoms with E-state index in [2.05, 4.69) is 16.0 Å². The Morgan fingerprint density at radius 1 is 1.41 bits per heavy atom. The fraction of sp³-hybridized carbons (Fsp3) is 0.556. The van der Waals surface area contributed by atoms with Gasteiger partial charge in [0.1, 0.15) is 0 Å². The molecule has 0 saturated heterocycles. The topological polar surface area (TPSA) is 104 Å². The van der Waals surface area contributed by atoms with Crippen LogP contribution in [0.2, 0.25) is 0 Å². The second-order valence-electron chi connectivity index (χ2n) is 3.72.